The van der Waals surface area contributed by atoms with Crippen LogP contribution in [0.25, 0.3) is 0 Å². The second-order valence-corrected chi connectivity index (χ2v) is 4.39. The van der Waals surface area contributed by atoms with Crippen molar-refractivity contribution in [3.63, 3.8) is 0 Å². The van der Waals surface area contributed by atoms with Crippen LogP contribution in [-0.2, 0) is 9.53 Å². The number of esters is 1. The Morgan fingerprint density at radius 1 is 1.62 bits per heavy atom. The first kappa shape index (κ1) is 13.2. The first-order valence-corrected chi connectivity index (χ1v) is 5.80. The van der Waals surface area contributed by atoms with Gasteiger partial charge in [-0.25, -0.2) is 4.79 Å². The molecule has 1 N–H and O–H groups in total. The Labute approximate surface area is 96.9 Å². The highest BCUT2D eigenvalue weighted by Crippen LogP contribution is 2.17. The van der Waals surface area contributed by atoms with Gasteiger partial charge in [0.25, 0.3) is 0 Å². The average molecular weight is 227 g/mol. The van der Waals surface area contributed by atoms with E-state index >= 15 is 0 Å². The zero-order valence-corrected chi connectivity index (χ0v) is 10.1. The van der Waals surface area contributed by atoms with Crippen molar-refractivity contribution in [3.05, 3.63) is 12.2 Å². The van der Waals surface area contributed by atoms with Crippen LogP contribution in [0.4, 0.5) is 0 Å². The monoisotopic (exact) mass is 227 g/mol. The van der Waals surface area contributed by atoms with Gasteiger partial charge in [0.05, 0.1) is 12.7 Å². The number of ether oxygens (including phenoxy) is 1. The van der Waals surface area contributed by atoms with Crippen LogP contribution in [0.15, 0.2) is 12.2 Å². The van der Waals surface area contributed by atoms with E-state index in [4.69, 9.17) is 4.74 Å². The predicted octanol–water partition coefficient (Wildman–Crippen LogP) is 0.808. The number of aliphatic hydroxyl groups excluding tert-OH is 1. The molecule has 0 aromatic rings. The van der Waals surface area contributed by atoms with Crippen molar-refractivity contribution in [1.82, 2.24) is 4.90 Å². The standard InChI is InChI=1S/C12H21NO3/c1-4-16-12(15)10(3)8-13-6-5-11(14)9(2)7-13/h9,11,14H,3-8H2,1-2H3. The predicted molar refractivity (Wildman–Crippen MR) is 62.0 cm³/mol. The largest absolute Gasteiger partial charge is 0.463 e. The molecule has 0 spiro atoms. The summed E-state index contributed by atoms with van der Waals surface area (Å²) >= 11 is 0. The summed E-state index contributed by atoms with van der Waals surface area (Å²) in [5, 5.41) is 9.58. The minimum absolute atomic E-state index is 0.216. The number of nitrogens with zero attached hydrogens (tertiary/aromatic N) is 1. The molecule has 1 aliphatic rings. The summed E-state index contributed by atoms with van der Waals surface area (Å²) in [6, 6.07) is 0. The fraction of sp³-hybridized carbons (Fsp3) is 0.750. The van der Waals surface area contributed by atoms with Crippen molar-refractivity contribution < 1.29 is 14.6 Å². The summed E-state index contributed by atoms with van der Waals surface area (Å²) in [5.41, 5.74) is 0.491. The Kier molecular flexibility index (Phi) is 4.96. The normalized spacial score (nSPS) is 26.4. The van der Waals surface area contributed by atoms with E-state index in [9.17, 15) is 9.90 Å². The Morgan fingerprint density at radius 3 is 2.88 bits per heavy atom. The molecular formula is C12H21NO3. The van der Waals surface area contributed by atoms with Gasteiger partial charge in [-0.15, -0.1) is 0 Å². The van der Waals surface area contributed by atoms with Crippen molar-refractivity contribution in [1.29, 1.82) is 0 Å². The zero-order valence-electron chi connectivity index (χ0n) is 10.1. The van der Waals surface area contributed by atoms with Gasteiger partial charge in [-0.3, -0.25) is 4.90 Å². The third-order valence-electron chi connectivity index (χ3n) is 2.92. The molecule has 1 saturated heterocycles. The van der Waals surface area contributed by atoms with Crippen LogP contribution in [0, 0.1) is 5.92 Å². The summed E-state index contributed by atoms with van der Waals surface area (Å²) < 4.78 is 4.88. The summed E-state index contributed by atoms with van der Waals surface area (Å²) in [7, 11) is 0. The first-order valence-electron chi connectivity index (χ1n) is 5.80. The summed E-state index contributed by atoms with van der Waals surface area (Å²) in [6.07, 6.45) is 0.546. The van der Waals surface area contributed by atoms with Crippen molar-refractivity contribution in [2.45, 2.75) is 26.4 Å². The molecule has 0 amide bonds. The SMILES string of the molecule is C=C(CN1CCC(O)C(C)C1)C(=O)OCC. The number of hydrogen-bond acceptors (Lipinski definition) is 4. The van der Waals surface area contributed by atoms with Gasteiger partial charge < -0.3 is 9.84 Å². The third-order valence-corrected chi connectivity index (χ3v) is 2.92. The van der Waals surface area contributed by atoms with Gasteiger partial charge in [0.15, 0.2) is 0 Å². The number of piperidine rings is 1. The lowest BCUT2D eigenvalue weighted by molar-refractivity contribution is -0.138. The van der Waals surface area contributed by atoms with Gasteiger partial charge in [-0.1, -0.05) is 13.5 Å². The maximum Gasteiger partial charge on any atom is 0.334 e. The second kappa shape index (κ2) is 6.01. The average Bonchev–Trinajstić information content (AvgIpc) is 2.24. The Balaban J connectivity index is 2.37. The van der Waals surface area contributed by atoms with Gasteiger partial charge in [0, 0.05) is 25.2 Å². The van der Waals surface area contributed by atoms with Gasteiger partial charge >= 0.3 is 5.97 Å². The number of likely N-dealkylation sites (tertiary alicyclic amines) is 1. The lowest BCUT2D eigenvalue weighted by Gasteiger charge is -2.34. The molecule has 1 rings (SSSR count). The Morgan fingerprint density at radius 2 is 2.31 bits per heavy atom. The van der Waals surface area contributed by atoms with E-state index in [1.54, 1.807) is 6.92 Å². The molecule has 0 bridgehead atoms. The summed E-state index contributed by atoms with van der Waals surface area (Å²) in [4.78, 5) is 13.5. The maximum atomic E-state index is 11.4. The van der Waals surface area contributed by atoms with E-state index < -0.39 is 0 Å². The third kappa shape index (κ3) is 3.61. The lowest BCUT2D eigenvalue weighted by Crippen LogP contribution is -2.43. The lowest BCUT2D eigenvalue weighted by atomic mass is 9.96. The van der Waals surface area contributed by atoms with Crippen LogP contribution in [0.3, 0.4) is 0 Å². The Hall–Kier alpha value is -0.870. The highest BCUT2D eigenvalue weighted by Gasteiger charge is 2.25. The van der Waals surface area contributed by atoms with Crippen LogP contribution in [0.5, 0.6) is 0 Å². The molecule has 16 heavy (non-hydrogen) atoms. The molecule has 0 saturated carbocycles. The minimum Gasteiger partial charge on any atom is -0.463 e. The van der Waals surface area contributed by atoms with E-state index in [0.29, 0.717) is 18.7 Å². The van der Waals surface area contributed by atoms with Crippen LogP contribution >= 0.6 is 0 Å². The quantitative estimate of drug-likeness (QED) is 0.570. The van der Waals surface area contributed by atoms with Gasteiger partial charge in [-0.2, -0.15) is 0 Å². The van der Waals surface area contributed by atoms with Crippen LogP contribution in [0.1, 0.15) is 20.3 Å². The summed E-state index contributed by atoms with van der Waals surface area (Å²) in [5.74, 6) is -0.0648. The molecule has 1 fully saturated rings. The smallest absolute Gasteiger partial charge is 0.334 e. The van der Waals surface area contributed by atoms with Crippen LogP contribution < -0.4 is 0 Å². The highest BCUT2D eigenvalue weighted by atomic mass is 16.5. The number of aliphatic hydroxyl groups is 1. The molecular weight excluding hydrogens is 206 g/mol. The van der Waals surface area contributed by atoms with Gasteiger partial charge in [0.2, 0.25) is 0 Å². The van der Waals surface area contributed by atoms with Crippen LogP contribution in [0.2, 0.25) is 0 Å². The van der Waals surface area contributed by atoms with Crippen molar-refractivity contribution in [3.8, 4) is 0 Å². The minimum atomic E-state index is -0.318. The van der Waals surface area contributed by atoms with Crippen molar-refractivity contribution in [2.75, 3.05) is 26.2 Å². The van der Waals surface area contributed by atoms with Crippen molar-refractivity contribution >= 4 is 5.97 Å². The molecule has 0 aliphatic carbocycles. The topological polar surface area (TPSA) is 49.8 Å². The molecule has 1 aliphatic heterocycles. The number of carbonyl (C=O) groups is 1. The summed E-state index contributed by atoms with van der Waals surface area (Å²) in [6.45, 7) is 10.1. The molecule has 1 heterocycles. The molecule has 4 nitrogen and oxygen atoms in total. The number of carbonyl (C=O) groups excluding carboxylic acids is 1. The molecule has 4 heteroatoms. The van der Waals surface area contributed by atoms with E-state index in [-0.39, 0.29) is 18.0 Å². The van der Waals surface area contributed by atoms with E-state index in [2.05, 4.69) is 11.5 Å². The molecule has 0 aromatic heterocycles. The fourth-order valence-electron chi connectivity index (χ4n) is 1.93. The molecule has 0 radical (unpaired) electrons. The maximum absolute atomic E-state index is 11.4. The molecule has 0 aromatic carbocycles. The molecule has 2 atom stereocenters. The number of rotatable bonds is 4. The van der Waals surface area contributed by atoms with E-state index in [1.807, 2.05) is 6.92 Å². The zero-order chi connectivity index (χ0) is 12.1. The number of hydrogen-bond donors (Lipinski definition) is 1. The van der Waals surface area contributed by atoms with E-state index in [0.717, 1.165) is 19.5 Å². The fourth-order valence-corrected chi connectivity index (χ4v) is 1.93. The van der Waals surface area contributed by atoms with Gasteiger partial charge in [-0.05, 0) is 19.3 Å². The van der Waals surface area contributed by atoms with Gasteiger partial charge in [0.1, 0.15) is 0 Å². The second-order valence-electron chi connectivity index (χ2n) is 4.39. The first-order chi connectivity index (χ1) is 7.54. The van der Waals surface area contributed by atoms with Crippen molar-refractivity contribution in [2.24, 2.45) is 5.92 Å². The molecule has 2 unspecified atom stereocenters. The van der Waals surface area contributed by atoms with Crippen LogP contribution in [-0.4, -0.2) is 48.3 Å². The highest BCUT2D eigenvalue weighted by molar-refractivity contribution is 5.88. The van der Waals surface area contributed by atoms with E-state index in [1.165, 1.54) is 0 Å². The molecule has 92 valence electrons. The Bertz CT molecular complexity index is 265.